The Hall–Kier alpha value is -2.18. The van der Waals surface area contributed by atoms with Crippen molar-refractivity contribution in [1.82, 2.24) is 20.4 Å². The second kappa shape index (κ2) is 4.68. The van der Waals surface area contributed by atoms with Crippen LogP contribution in [0.25, 0.3) is 0 Å². The largest absolute Gasteiger partial charge is 0.428 e. The van der Waals surface area contributed by atoms with Gasteiger partial charge < -0.3 is 4.42 Å². The monoisotopic (exact) mass is 287 g/mol. The average molecular weight is 287 g/mol. The number of carbonyl (C=O) groups is 1. The number of aromatic nitrogens is 4. The summed E-state index contributed by atoms with van der Waals surface area (Å²) < 4.78 is 5.60. The molecule has 2 N–H and O–H groups in total. The molecule has 0 radical (unpaired) electrons. The minimum Gasteiger partial charge on any atom is -0.428 e. The van der Waals surface area contributed by atoms with Gasteiger partial charge in [0.15, 0.2) is 0 Å². The molecule has 1 amide bonds. The van der Waals surface area contributed by atoms with E-state index in [0.717, 1.165) is 43.6 Å². The van der Waals surface area contributed by atoms with E-state index in [9.17, 15) is 4.79 Å². The van der Waals surface area contributed by atoms with Gasteiger partial charge in [-0.25, -0.2) is 4.98 Å². The van der Waals surface area contributed by atoms with Gasteiger partial charge in [0.25, 0.3) is 0 Å². The lowest BCUT2D eigenvalue weighted by Crippen LogP contribution is -2.43. The molecular formula is C14H17N5O2. The predicted octanol–water partition coefficient (Wildman–Crippen LogP) is 2.02. The average Bonchev–Trinajstić information content (AvgIpc) is 2.97. The smallest absolute Gasteiger partial charge is 0.301 e. The highest BCUT2D eigenvalue weighted by atomic mass is 16.4. The lowest BCUT2D eigenvalue weighted by molar-refractivity contribution is -0.130. The normalized spacial score (nSPS) is 20.0. The van der Waals surface area contributed by atoms with Gasteiger partial charge in [-0.1, -0.05) is 6.42 Å². The molecule has 21 heavy (non-hydrogen) atoms. The first-order chi connectivity index (χ1) is 10.3. The van der Waals surface area contributed by atoms with Crippen molar-refractivity contribution in [3.8, 4) is 0 Å². The first kappa shape index (κ1) is 12.6. The number of rotatable bonds is 5. The van der Waals surface area contributed by atoms with Crippen molar-refractivity contribution in [1.29, 1.82) is 0 Å². The van der Waals surface area contributed by atoms with E-state index in [1.807, 2.05) is 0 Å². The number of amides is 1. The predicted molar refractivity (Wildman–Crippen MR) is 73.5 cm³/mol. The lowest BCUT2D eigenvalue weighted by atomic mass is 9.65. The quantitative estimate of drug-likeness (QED) is 0.877. The molecule has 4 rings (SSSR count). The molecule has 0 aliphatic heterocycles. The summed E-state index contributed by atoms with van der Waals surface area (Å²) in [6.45, 7) is 0. The Labute approximate surface area is 121 Å². The SMILES string of the molecule is O=C(Nc1ncc(C2CC2)o1)C1(Cc2cn[nH]n2)CCC1. The van der Waals surface area contributed by atoms with Crippen LogP contribution in [0.5, 0.6) is 0 Å². The zero-order valence-corrected chi connectivity index (χ0v) is 11.6. The number of anilines is 1. The van der Waals surface area contributed by atoms with Crippen LogP contribution in [-0.2, 0) is 11.2 Å². The number of carbonyl (C=O) groups excluding carboxylic acids is 1. The van der Waals surface area contributed by atoms with Crippen LogP contribution in [0, 0.1) is 5.41 Å². The highest BCUT2D eigenvalue weighted by Crippen LogP contribution is 2.45. The van der Waals surface area contributed by atoms with E-state index in [0.29, 0.717) is 18.4 Å². The fraction of sp³-hybridized carbons (Fsp3) is 0.571. The first-order valence-corrected chi connectivity index (χ1v) is 7.37. The van der Waals surface area contributed by atoms with Crippen molar-refractivity contribution in [3.05, 3.63) is 23.8 Å². The molecule has 2 saturated carbocycles. The van der Waals surface area contributed by atoms with Gasteiger partial charge in [-0.3, -0.25) is 10.1 Å². The van der Waals surface area contributed by atoms with Gasteiger partial charge in [0.1, 0.15) is 5.76 Å². The summed E-state index contributed by atoms with van der Waals surface area (Å²) in [4.78, 5) is 16.7. The molecule has 110 valence electrons. The summed E-state index contributed by atoms with van der Waals surface area (Å²) in [5.74, 6) is 1.35. The van der Waals surface area contributed by atoms with Crippen molar-refractivity contribution in [2.24, 2.45) is 5.41 Å². The summed E-state index contributed by atoms with van der Waals surface area (Å²) in [5.41, 5.74) is 0.418. The van der Waals surface area contributed by atoms with E-state index < -0.39 is 5.41 Å². The Morgan fingerprint density at radius 2 is 2.29 bits per heavy atom. The number of nitrogens with zero attached hydrogens (tertiary/aromatic N) is 3. The first-order valence-electron chi connectivity index (χ1n) is 7.37. The van der Waals surface area contributed by atoms with Gasteiger partial charge in [0, 0.05) is 12.3 Å². The number of nitrogens with one attached hydrogen (secondary N) is 2. The van der Waals surface area contributed by atoms with Crippen LogP contribution >= 0.6 is 0 Å². The Balaban J connectivity index is 1.46. The van der Waals surface area contributed by atoms with Crippen molar-refractivity contribution in [2.75, 3.05) is 5.32 Å². The third-order valence-electron chi connectivity index (χ3n) is 4.50. The Morgan fingerprint density at radius 1 is 1.43 bits per heavy atom. The molecule has 0 bridgehead atoms. The van der Waals surface area contributed by atoms with E-state index in [1.54, 1.807) is 12.4 Å². The molecule has 2 heterocycles. The fourth-order valence-corrected chi connectivity index (χ4v) is 2.88. The molecule has 0 aromatic carbocycles. The molecule has 2 fully saturated rings. The van der Waals surface area contributed by atoms with Crippen molar-refractivity contribution in [3.63, 3.8) is 0 Å². The number of aromatic amines is 1. The number of H-pyrrole nitrogens is 1. The van der Waals surface area contributed by atoms with E-state index in [-0.39, 0.29) is 5.91 Å². The van der Waals surface area contributed by atoms with Crippen LogP contribution in [0.2, 0.25) is 0 Å². The molecule has 0 spiro atoms. The molecule has 7 heteroatoms. The van der Waals surface area contributed by atoms with Crippen LogP contribution < -0.4 is 5.32 Å². The minimum atomic E-state index is -0.398. The summed E-state index contributed by atoms with van der Waals surface area (Å²) in [6.07, 6.45) is 9.08. The topological polar surface area (TPSA) is 96.7 Å². The zero-order chi connectivity index (χ0) is 14.3. The van der Waals surface area contributed by atoms with Gasteiger partial charge in [0.05, 0.1) is 23.5 Å². The van der Waals surface area contributed by atoms with Crippen LogP contribution in [0.15, 0.2) is 16.8 Å². The highest BCUT2D eigenvalue weighted by molar-refractivity contribution is 5.94. The van der Waals surface area contributed by atoms with Gasteiger partial charge in [-0.2, -0.15) is 15.4 Å². The third-order valence-corrected chi connectivity index (χ3v) is 4.50. The summed E-state index contributed by atoms with van der Waals surface area (Å²) in [7, 11) is 0. The van der Waals surface area contributed by atoms with E-state index >= 15 is 0 Å². The maximum Gasteiger partial charge on any atom is 0.301 e. The Kier molecular flexibility index (Phi) is 2.80. The molecule has 7 nitrogen and oxygen atoms in total. The highest BCUT2D eigenvalue weighted by Gasteiger charge is 2.45. The molecule has 0 atom stereocenters. The van der Waals surface area contributed by atoms with E-state index in [4.69, 9.17) is 4.42 Å². The molecule has 2 aromatic heterocycles. The van der Waals surface area contributed by atoms with E-state index in [1.165, 1.54) is 0 Å². The fourth-order valence-electron chi connectivity index (χ4n) is 2.88. The van der Waals surface area contributed by atoms with Crippen LogP contribution in [-0.4, -0.2) is 26.3 Å². The van der Waals surface area contributed by atoms with Gasteiger partial charge in [-0.15, -0.1) is 0 Å². The van der Waals surface area contributed by atoms with Crippen molar-refractivity contribution < 1.29 is 9.21 Å². The van der Waals surface area contributed by atoms with Gasteiger partial charge in [0.2, 0.25) is 5.91 Å². The molecular weight excluding hydrogens is 270 g/mol. The maximum absolute atomic E-state index is 12.6. The summed E-state index contributed by atoms with van der Waals surface area (Å²) in [6, 6.07) is 0.313. The van der Waals surface area contributed by atoms with Crippen LogP contribution in [0.1, 0.15) is 49.5 Å². The molecule has 0 saturated heterocycles. The molecule has 2 aromatic rings. The summed E-state index contributed by atoms with van der Waals surface area (Å²) >= 11 is 0. The standard InChI is InChI=1S/C14H17N5O2/c20-12(17-13-15-8-11(21-13)9-2-3-9)14(4-1-5-14)6-10-7-16-19-18-10/h7-9H,1-6H2,(H,15,17,20)(H,16,18,19). The summed E-state index contributed by atoms with van der Waals surface area (Å²) in [5, 5.41) is 13.3. The lowest BCUT2D eigenvalue weighted by Gasteiger charge is -2.39. The van der Waals surface area contributed by atoms with Gasteiger partial charge in [-0.05, 0) is 25.7 Å². The van der Waals surface area contributed by atoms with Crippen LogP contribution in [0.4, 0.5) is 6.01 Å². The zero-order valence-electron chi connectivity index (χ0n) is 11.6. The Morgan fingerprint density at radius 3 is 2.90 bits per heavy atom. The maximum atomic E-state index is 12.6. The van der Waals surface area contributed by atoms with Crippen molar-refractivity contribution >= 4 is 11.9 Å². The van der Waals surface area contributed by atoms with E-state index in [2.05, 4.69) is 25.7 Å². The minimum absolute atomic E-state index is 0.0269. The number of oxazole rings is 1. The van der Waals surface area contributed by atoms with Crippen molar-refractivity contribution in [2.45, 2.75) is 44.4 Å². The third kappa shape index (κ3) is 2.32. The Bertz CT molecular complexity index is 640. The number of hydrogen-bond donors (Lipinski definition) is 2. The second-order valence-electron chi connectivity index (χ2n) is 6.07. The number of hydrogen-bond acceptors (Lipinski definition) is 5. The second-order valence-corrected chi connectivity index (χ2v) is 6.07. The van der Waals surface area contributed by atoms with Gasteiger partial charge >= 0.3 is 6.01 Å². The van der Waals surface area contributed by atoms with Crippen LogP contribution in [0.3, 0.4) is 0 Å². The molecule has 2 aliphatic carbocycles. The molecule has 0 unspecified atom stereocenters. The molecule has 2 aliphatic rings.